The number of fused-ring (bicyclic) bond motifs is 1. The molecular formula is C7H8N3O+. The van der Waals surface area contributed by atoms with Crippen molar-refractivity contribution in [1.82, 2.24) is 9.97 Å². The van der Waals surface area contributed by atoms with Crippen LogP contribution < -0.4 is 5.48 Å². The van der Waals surface area contributed by atoms with Crippen LogP contribution in [0.3, 0.4) is 0 Å². The SMILES string of the molecule is O[NH2+]c1ccc2nc[nH]c2c1. The minimum Gasteiger partial charge on any atom is -0.344 e. The summed E-state index contributed by atoms with van der Waals surface area (Å²) in [7, 11) is 0. The van der Waals surface area contributed by atoms with Gasteiger partial charge in [0.15, 0.2) is 5.69 Å². The van der Waals surface area contributed by atoms with Gasteiger partial charge in [-0.2, -0.15) is 5.48 Å². The summed E-state index contributed by atoms with van der Waals surface area (Å²) >= 11 is 0. The summed E-state index contributed by atoms with van der Waals surface area (Å²) in [4.78, 5) is 7.00. The molecule has 2 rings (SSSR count). The van der Waals surface area contributed by atoms with Crippen LogP contribution in [0.4, 0.5) is 5.69 Å². The summed E-state index contributed by atoms with van der Waals surface area (Å²) < 4.78 is 0. The van der Waals surface area contributed by atoms with E-state index in [4.69, 9.17) is 5.21 Å². The molecule has 0 amide bonds. The maximum atomic E-state index is 8.68. The second-order valence-corrected chi connectivity index (χ2v) is 2.31. The average molecular weight is 150 g/mol. The van der Waals surface area contributed by atoms with Crippen LogP contribution in [0.25, 0.3) is 11.0 Å². The molecule has 0 fully saturated rings. The summed E-state index contributed by atoms with van der Waals surface area (Å²) in [5, 5.41) is 8.68. The van der Waals surface area contributed by atoms with Crippen molar-refractivity contribution in [2.75, 3.05) is 0 Å². The van der Waals surface area contributed by atoms with E-state index in [9.17, 15) is 0 Å². The molecule has 0 atom stereocenters. The van der Waals surface area contributed by atoms with Crippen molar-refractivity contribution in [2.24, 2.45) is 0 Å². The normalized spacial score (nSPS) is 10.6. The predicted octanol–water partition coefficient (Wildman–Crippen LogP) is 0.147. The molecule has 4 N–H and O–H groups in total. The number of nitrogens with zero attached hydrogens (tertiary/aromatic N) is 1. The Kier molecular flexibility index (Phi) is 1.34. The summed E-state index contributed by atoms with van der Waals surface area (Å²) in [6.07, 6.45) is 1.63. The van der Waals surface area contributed by atoms with Gasteiger partial charge in [0.05, 0.1) is 17.4 Å². The molecule has 1 aromatic heterocycles. The number of hydrogen-bond acceptors (Lipinski definition) is 2. The number of aromatic amines is 1. The van der Waals surface area contributed by atoms with Crippen molar-refractivity contribution < 1.29 is 10.7 Å². The lowest BCUT2D eigenvalue weighted by atomic mass is 10.3. The maximum Gasteiger partial charge on any atom is 0.163 e. The number of nitrogens with two attached hydrogens (primary N) is 1. The molecule has 0 unspecified atom stereocenters. The molecule has 0 spiro atoms. The van der Waals surface area contributed by atoms with Crippen LogP contribution in [0.15, 0.2) is 24.5 Å². The van der Waals surface area contributed by atoms with Gasteiger partial charge < -0.3 is 4.98 Å². The highest BCUT2D eigenvalue weighted by atomic mass is 16.5. The van der Waals surface area contributed by atoms with Crippen molar-refractivity contribution in [3.8, 4) is 0 Å². The van der Waals surface area contributed by atoms with Gasteiger partial charge in [0.25, 0.3) is 0 Å². The third kappa shape index (κ3) is 0.978. The van der Waals surface area contributed by atoms with Crippen molar-refractivity contribution in [1.29, 1.82) is 0 Å². The molecule has 1 heterocycles. The Morgan fingerprint density at radius 3 is 3.18 bits per heavy atom. The number of nitrogens with one attached hydrogen (secondary N) is 1. The van der Waals surface area contributed by atoms with Crippen LogP contribution in [0.2, 0.25) is 0 Å². The van der Waals surface area contributed by atoms with Crippen LogP contribution in [0.5, 0.6) is 0 Å². The standard InChI is InChI=1S/C7H7N3O/c11-10-5-1-2-6-7(3-5)9-4-8-6/h1-4,10-11H,(H,8,9)/p+1. The van der Waals surface area contributed by atoms with Gasteiger partial charge in [-0.25, -0.2) is 10.2 Å². The predicted molar refractivity (Wildman–Crippen MR) is 39.5 cm³/mol. The molecule has 0 aliphatic heterocycles. The molecule has 0 radical (unpaired) electrons. The van der Waals surface area contributed by atoms with E-state index in [1.54, 1.807) is 6.33 Å². The Morgan fingerprint density at radius 1 is 1.45 bits per heavy atom. The van der Waals surface area contributed by atoms with Gasteiger partial charge in [0.1, 0.15) is 0 Å². The molecule has 0 aliphatic carbocycles. The first-order chi connectivity index (χ1) is 5.40. The van der Waals surface area contributed by atoms with E-state index >= 15 is 0 Å². The third-order valence-electron chi connectivity index (χ3n) is 1.59. The zero-order valence-electron chi connectivity index (χ0n) is 5.78. The van der Waals surface area contributed by atoms with Gasteiger partial charge in [-0.05, 0) is 6.07 Å². The summed E-state index contributed by atoms with van der Waals surface area (Å²) in [5.41, 5.74) is 3.70. The van der Waals surface area contributed by atoms with E-state index in [2.05, 4.69) is 9.97 Å². The van der Waals surface area contributed by atoms with E-state index in [0.29, 0.717) is 0 Å². The minimum atomic E-state index is 0.779. The van der Waals surface area contributed by atoms with Gasteiger partial charge in [0.2, 0.25) is 0 Å². The quantitative estimate of drug-likeness (QED) is 0.400. The molecule has 0 aliphatic rings. The van der Waals surface area contributed by atoms with E-state index in [1.807, 2.05) is 18.2 Å². The lowest BCUT2D eigenvalue weighted by Crippen LogP contribution is -2.73. The Hall–Kier alpha value is -1.39. The molecule has 2 aromatic rings. The first kappa shape index (κ1) is 6.33. The Morgan fingerprint density at radius 2 is 2.36 bits per heavy atom. The molecule has 4 nitrogen and oxygen atoms in total. The number of benzene rings is 1. The zero-order chi connectivity index (χ0) is 7.68. The van der Waals surface area contributed by atoms with Crippen LogP contribution in [0.1, 0.15) is 0 Å². The van der Waals surface area contributed by atoms with Gasteiger partial charge in [-0.15, -0.1) is 0 Å². The van der Waals surface area contributed by atoms with Gasteiger partial charge in [-0.3, -0.25) is 0 Å². The van der Waals surface area contributed by atoms with Crippen LogP contribution >= 0.6 is 0 Å². The first-order valence-corrected chi connectivity index (χ1v) is 3.31. The summed E-state index contributed by atoms with van der Waals surface area (Å²) in [5.74, 6) is 0. The summed E-state index contributed by atoms with van der Waals surface area (Å²) in [6, 6.07) is 5.50. The molecule has 0 bridgehead atoms. The molecule has 1 aromatic carbocycles. The highest BCUT2D eigenvalue weighted by Crippen LogP contribution is 2.11. The van der Waals surface area contributed by atoms with E-state index in [-0.39, 0.29) is 0 Å². The minimum absolute atomic E-state index is 0.779. The second kappa shape index (κ2) is 2.34. The fourth-order valence-electron chi connectivity index (χ4n) is 1.03. The van der Waals surface area contributed by atoms with E-state index < -0.39 is 0 Å². The van der Waals surface area contributed by atoms with Gasteiger partial charge in [0, 0.05) is 12.1 Å². The molecule has 0 saturated carbocycles. The monoisotopic (exact) mass is 150 g/mol. The largest absolute Gasteiger partial charge is 0.344 e. The number of aromatic nitrogens is 2. The number of quaternary nitrogens is 1. The molecule has 0 saturated heterocycles. The lowest BCUT2D eigenvalue weighted by Gasteiger charge is -1.90. The summed E-state index contributed by atoms with van der Waals surface area (Å²) in [6.45, 7) is 0. The number of H-pyrrole nitrogens is 1. The fraction of sp³-hybridized carbons (Fsp3) is 0. The number of hydrogen-bond donors (Lipinski definition) is 3. The van der Waals surface area contributed by atoms with E-state index in [1.165, 1.54) is 0 Å². The number of rotatable bonds is 1. The molecular weight excluding hydrogens is 142 g/mol. The van der Waals surface area contributed by atoms with Crippen LogP contribution in [-0.4, -0.2) is 15.2 Å². The Balaban J connectivity index is 2.67. The van der Waals surface area contributed by atoms with Gasteiger partial charge in [-0.1, -0.05) is 0 Å². The number of imidazole rings is 1. The highest BCUT2D eigenvalue weighted by molar-refractivity contribution is 5.76. The lowest BCUT2D eigenvalue weighted by molar-refractivity contribution is -0.825. The first-order valence-electron chi connectivity index (χ1n) is 3.31. The van der Waals surface area contributed by atoms with Crippen molar-refractivity contribution in [2.45, 2.75) is 0 Å². The third-order valence-corrected chi connectivity index (χ3v) is 1.59. The Labute approximate surface area is 62.8 Å². The molecule has 56 valence electrons. The smallest absolute Gasteiger partial charge is 0.163 e. The zero-order valence-corrected chi connectivity index (χ0v) is 5.78. The molecule has 11 heavy (non-hydrogen) atoms. The van der Waals surface area contributed by atoms with Crippen LogP contribution in [0, 0.1) is 0 Å². The second-order valence-electron chi connectivity index (χ2n) is 2.31. The molecule has 4 heteroatoms. The average Bonchev–Trinajstić information content (AvgIpc) is 2.50. The van der Waals surface area contributed by atoms with Crippen LogP contribution in [-0.2, 0) is 0 Å². The van der Waals surface area contributed by atoms with Crippen molar-refractivity contribution >= 4 is 16.7 Å². The van der Waals surface area contributed by atoms with Gasteiger partial charge >= 0.3 is 0 Å². The van der Waals surface area contributed by atoms with E-state index in [0.717, 1.165) is 22.2 Å². The van der Waals surface area contributed by atoms with Crippen molar-refractivity contribution in [3.05, 3.63) is 24.5 Å². The highest BCUT2D eigenvalue weighted by Gasteiger charge is 1.98. The maximum absolute atomic E-state index is 8.68. The Bertz CT molecular complexity index is 368. The topological polar surface area (TPSA) is 65.5 Å². The fourth-order valence-corrected chi connectivity index (χ4v) is 1.03. The van der Waals surface area contributed by atoms with Crippen molar-refractivity contribution in [3.63, 3.8) is 0 Å².